The normalized spacial score (nSPS) is 18.2. The Morgan fingerprint density at radius 3 is 2.80 bits per heavy atom. The largest absolute Gasteiger partial charge is 0.437 e. The predicted molar refractivity (Wildman–Crippen MR) is 94.4 cm³/mol. The first kappa shape index (κ1) is 15.8. The fourth-order valence-corrected chi connectivity index (χ4v) is 3.31. The lowest BCUT2D eigenvalue weighted by molar-refractivity contribution is 0.193. The molecular weight excluding hydrogens is 314 g/mol. The molecule has 2 aromatic heterocycles. The standard InChI is InChI=1S/C19H21N5O/c1-2-6-16(7-3-1)25-19-18(22-10-11-23-19)15-5-4-12-24(13-15)14-17-20-8-9-21-17/h1-3,6-11,15H,4-5,12-14H2,(H,20,21)/t15-/m0/s1. The summed E-state index contributed by atoms with van der Waals surface area (Å²) in [4.78, 5) is 18.9. The molecule has 0 bridgehead atoms. The minimum Gasteiger partial charge on any atom is -0.437 e. The summed E-state index contributed by atoms with van der Waals surface area (Å²) in [7, 11) is 0. The number of ether oxygens (including phenoxy) is 1. The van der Waals surface area contributed by atoms with Crippen LogP contribution in [0.1, 0.15) is 30.3 Å². The number of piperidine rings is 1. The molecule has 4 rings (SSSR count). The zero-order valence-corrected chi connectivity index (χ0v) is 14.0. The number of rotatable bonds is 5. The zero-order valence-electron chi connectivity index (χ0n) is 14.0. The van der Waals surface area contributed by atoms with Crippen molar-refractivity contribution in [3.05, 3.63) is 66.6 Å². The van der Waals surface area contributed by atoms with Gasteiger partial charge in [-0.2, -0.15) is 0 Å². The van der Waals surface area contributed by atoms with E-state index in [0.717, 1.165) is 49.7 Å². The molecule has 0 spiro atoms. The van der Waals surface area contributed by atoms with Gasteiger partial charge in [0, 0.05) is 37.3 Å². The van der Waals surface area contributed by atoms with Crippen molar-refractivity contribution in [2.75, 3.05) is 13.1 Å². The highest BCUT2D eigenvalue weighted by Crippen LogP contribution is 2.32. The Morgan fingerprint density at radius 2 is 1.96 bits per heavy atom. The minimum absolute atomic E-state index is 0.316. The third-order valence-electron chi connectivity index (χ3n) is 4.47. The zero-order chi connectivity index (χ0) is 16.9. The van der Waals surface area contributed by atoms with Crippen molar-refractivity contribution in [3.8, 4) is 11.6 Å². The van der Waals surface area contributed by atoms with Gasteiger partial charge in [-0.3, -0.25) is 9.88 Å². The highest BCUT2D eigenvalue weighted by Gasteiger charge is 2.26. The molecule has 0 aliphatic carbocycles. The van der Waals surface area contributed by atoms with Gasteiger partial charge in [0.15, 0.2) is 0 Å². The van der Waals surface area contributed by atoms with Crippen molar-refractivity contribution >= 4 is 0 Å². The number of hydrogen-bond donors (Lipinski definition) is 1. The summed E-state index contributed by atoms with van der Waals surface area (Å²) in [5, 5.41) is 0. The summed E-state index contributed by atoms with van der Waals surface area (Å²) in [6.07, 6.45) is 9.32. The molecule has 3 aromatic rings. The van der Waals surface area contributed by atoms with E-state index in [9.17, 15) is 0 Å². The quantitative estimate of drug-likeness (QED) is 0.774. The van der Waals surface area contributed by atoms with E-state index in [0.29, 0.717) is 11.8 Å². The summed E-state index contributed by atoms with van der Waals surface area (Å²) in [5.74, 6) is 2.71. The van der Waals surface area contributed by atoms with Crippen LogP contribution in [0.4, 0.5) is 0 Å². The molecule has 3 heterocycles. The number of benzene rings is 1. The average Bonchev–Trinajstić information content (AvgIpc) is 3.16. The molecule has 1 atom stereocenters. The number of imidazole rings is 1. The van der Waals surface area contributed by atoms with Gasteiger partial charge in [0.25, 0.3) is 0 Å². The van der Waals surface area contributed by atoms with Crippen LogP contribution in [0.15, 0.2) is 55.1 Å². The van der Waals surface area contributed by atoms with Crippen molar-refractivity contribution in [2.24, 2.45) is 0 Å². The molecular formula is C19H21N5O. The van der Waals surface area contributed by atoms with Crippen molar-refractivity contribution in [2.45, 2.75) is 25.3 Å². The van der Waals surface area contributed by atoms with E-state index in [1.54, 1.807) is 18.6 Å². The van der Waals surface area contributed by atoms with Crippen LogP contribution in [-0.2, 0) is 6.54 Å². The van der Waals surface area contributed by atoms with Crippen LogP contribution in [0.25, 0.3) is 0 Å². The highest BCUT2D eigenvalue weighted by atomic mass is 16.5. The minimum atomic E-state index is 0.316. The summed E-state index contributed by atoms with van der Waals surface area (Å²) >= 11 is 0. The molecule has 0 amide bonds. The Bertz CT molecular complexity index is 791. The monoisotopic (exact) mass is 335 g/mol. The third kappa shape index (κ3) is 3.85. The van der Waals surface area contributed by atoms with E-state index in [-0.39, 0.29) is 0 Å². The molecule has 1 aliphatic rings. The fraction of sp³-hybridized carbons (Fsp3) is 0.316. The SMILES string of the molecule is c1ccc(Oc2nccnc2[C@H]2CCCN(Cc3ncc[nH]3)C2)cc1. The number of hydrogen-bond acceptors (Lipinski definition) is 5. The summed E-state index contributed by atoms with van der Waals surface area (Å²) in [5.41, 5.74) is 0.940. The van der Waals surface area contributed by atoms with Crippen LogP contribution in [0, 0.1) is 0 Å². The first-order valence-electron chi connectivity index (χ1n) is 8.63. The van der Waals surface area contributed by atoms with Gasteiger partial charge in [0.1, 0.15) is 17.3 Å². The number of aromatic nitrogens is 4. The Balaban J connectivity index is 1.51. The Hall–Kier alpha value is -2.73. The predicted octanol–water partition coefficient (Wildman–Crippen LogP) is 3.37. The lowest BCUT2D eigenvalue weighted by atomic mass is 9.94. The van der Waals surface area contributed by atoms with Gasteiger partial charge in [-0.05, 0) is 31.5 Å². The second kappa shape index (κ2) is 7.44. The summed E-state index contributed by atoms with van der Waals surface area (Å²) in [6.45, 7) is 2.84. The van der Waals surface area contributed by atoms with Gasteiger partial charge in [0.05, 0.1) is 6.54 Å². The third-order valence-corrected chi connectivity index (χ3v) is 4.47. The Morgan fingerprint density at radius 1 is 1.08 bits per heavy atom. The van der Waals surface area contributed by atoms with Crippen LogP contribution >= 0.6 is 0 Å². The average molecular weight is 335 g/mol. The van der Waals surface area contributed by atoms with Gasteiger partial charge in [0.2, 0.25) is 5.88 Å². The molecule has 1 fully saturated rings. The lowest BCUT2D eigenvalue weighted by Gasteiger charge is -2.32. The van der Waals surface area contributed by atoms with Crippen LogP contribution in [0.3, 0.4) is 0 Å². The van der Waals surface area contributed by atoms with E-state index >= 15 is 0 Å². The van der Waals surface area contributed by atoms with Gasteiger partial charge < -0.3 is 9.72 Å². The molecule has 0 saturated carbocycles. The van der Waals surface area contributed by atoms with Crippen molar-refractivity contribution < 1.29 is 4.74 Å². The van der Waals surface area contributed by atoms with Crippen LogP contribution in [-0.4, -0.2) is 37.9 Å². The number of likely N-dealkylation sites (tertiary alicyclic amines) is 1. The van der Waals surface area contributed by atoms with Gasteiger partial charge >= 0.3 is 0 Å². The molecule has 6 nitrogen and oxygen atoms in total. The van der Waals surface area contributed by atoms with E-state index in [2.05, 4.69) is 24.8 Å². The molecule has 0 unspecified atom stereocenters. The first-order valence-corrected chi connectivity index (χ1v) is 8.63. The maximum absolute atomic E-state index is 5.99. The Kier molecular flexibility index (Phi) is 4.70. The van der Waals surface area contributed by atoms with Crippen LogP contribution in [0.2, 0.25) is 0 Å². The summed E-state index contributed by atoms with van der Waals surface area (Å²) in [6, 6.07) is 9.75. The molecule has 1 N–H and O–H groups in total. The Labute approximate surface area is 146 Å². The number of nitrogens with zero attached hydrogens (tertiary/aromatic N) is 4. The first-order chi connectivity index (χ1) is 12.4. The maximum Gasteiger partial charge on any atom is 0.241 e. The highest BCUT2D eigenvalue weighted by molar-refractivity contribution is 5.30. The molecule has 25 heavy (non-hydrogen) atoms. The molecule has 1 aliphatic heterocycles. The van der Waals surface area contributed by atoms with Crippen molar-refractivity contribution in [1.29, 1.82) is 0 Å². The number of nitrogens with one attached hydrogen (secondary N) is 1. The van der Waals surface area contributed by atoms with Gasteiger partial charge in [-0.25, -0.2) is 9.97 Å². The van der Waals surface area contributed by atoms with E-state index < -0.39 is 0 Å². The molecule has 1 saturated heterocycles. The molecule has 1 aromatic carbocycles. The number of H-pyrrole nitrogens is 1. The smallest absolute Gasteiger partial charge is 0.241 e. The van der Waals surface area contributed by atoms with E-state index in [4.69, 9.17) is 4.74 Å². The summed E-state index contributed by atoms with van der Waals surface area (Å²) < 4.78 is 5.99. The second-order valence-electron chi connectivity index (χ2n) is 6.27. The van der Waals surface area contributed by atoms with E-state index in [1.807, 2.05) is 36.5 Å². The maximum atomic E-state index is 5.99. The van der Waals surface area contributed by atoms with E-state index in [1.165, 1.54) is 0 Å². The lowest BCUT2D eigenvalue weighted by Crippen LogP contribution is -2.34. The molecule has 128 valence electrons. The van der Waals surface area contributed by atoms with Crippen LogP contribution < -0.4 is 4.74 Å². The number of para-hydroxylation sites is 1. The van der Waals surface area contributed by atoms with Gasteiger partial charge in [-0.15, -0.1) is 0 Å². The van der Waals surface area contributed by atoms with Crippen molar-refractivity contribution in [1.82, 2.24) is 24.8 Å². The van der Waals surface area contributed by atoms with Gasteiger partial charge in [-0.1, -0.05) is 18.2 Å². The van der Waals surface area contributed by atoms with Crippen molar-refractivity contribution in [3.63, 3.8) is 0 Å². The van der Waals surface area contributed by atoms with Crippen LogP contribution in [0.5, 0.6) is 11.6 Å². The number of aromatic amines is 1. The second-order valence-corrected chi connectivity index (χ2v) is 6.27. The topological polar surface area (TPSA) is 66.9 Å². The molecule has 0 radical (unpaired) electrons. The fourth-order valence-electron chi connectivity index (χ4n) is 3.31. The molecule has 6 heteroatoms.